The maximum atomic E-state index is 12.5. The third kappa shape index (κ3) is 5.03. The Kier molecular flexibility index (Phi) is 6.69. The second-order valence-corrected chi connectivity index (χ2v) is 5.73. The number of para-hydroxylation sites is 1. The summed E-state index contributed by atoms with van der Waals surface area (Å²) in [5, 5.41) is 6.02. The summed E-state index contributed by atoms with van der Waals surface area (Å²) in [7, 11) is 1.66. The quantitative estimate of drug-likeness (QED) is 0.727. The average molecular weight is 328 g/mol. The molecule has 0 saturated carbocycles. The largest absolute Gasteiger partial charge is 0.385 e. The fourth-order valence-corrected chi connectivity index (χ4v) is 2.29. The zero-order valence-corrected chi connectivity index (χ0v) is 14.4. The molecule has 24 heavy (non-hydrogen) atoms. The van der Waals surface area contributed by atoms with Gasteiger partial charge in [0.2, 0.25) is 5.95 Å². The van der Waals surface area contributed by atoms with Crippen LogP contribution in [0.4, 0.5) is 11.6 Å². The topological polar surface area (TPSA) is 76.1 Å². The Morgan fingerprint density at radius 2 is 2.04 bits per heavy atom. The Morgan fingerprint density at radius 1 is 1.25 bits per heavy atom. The van der Waals surface area contributed by atoms with Gasteiger partial charge in [0, 0.05) is 32.1 Å². The van der Waals surface area contributed by atoms with E-state index in [1.54, 1.807) is 19.4 Å². The van der Waals surface area contributed by atoms with Gasteiger partial charge in [-0.3, -0.25) is 4.79 Å². The van der Waals surface area contributed by atoms with Crippen LogP contribution >= 0.6 is 0 Å². The van der Waals surface area contributed by atoms with Gasteiger partial charge in [-0.15, -0.1) is 0 Å². The van der Waals surface area contributed by atoms with Crippen LogP contribution < -0.4 is 10.6 Å². The van der Waals surface area contributed by atoms with Crippen LogP contribution in [0.15, 0.2) is 36.5 Å². The number of nitrogens with one attached hydrogen (secondary N) is 2. The first-order valence-corrected chi connectivity index (χ1v) is 8.08. The van der Waals surface area contributed by atoms with Gasteiger partial charge in [0.25, 0.3) is 5.91 Å². The maximum absolute atomic E-state index is 12.5. The van der Waals surface area contributed by atoms with E-state index in [0.29, 0.717) is 30.7 Å². The fourth-order valence-electron chi connectivity index (χ4n) is 2.29. The van der Waals surface area contributed by atoms with Crippen molar-refractivity contribution in [3.8, 4) is 0 Å². The molecule has 1 heterocycles. The number of carbonyl (C=O) groups is 1. The Bertz CT molecular complexity index is 674. The molecule has 0 radical (unpaired) electrons. The zero-order chi connectivity index (χ0) is 17.4. The number of anilines is 2. The molecule has 0 saturated heterocycles. The highest BCUT2D eigenvalue weighted by Gasteiger charge is 2.12. The number of nitrogens with zero attached hydrogens (tertiary/aromatic N) is 2. The van der Waals surface area contributed by atoms with Crippen LogP contribution in [0, 0.1) is 0 Å². The van der Waals surface area contributed by atoms with Crippen molar-refractivity contribution < 1.29 is 9.53 Å². The summed E-state index contributed by atoms with van der Waals surface area (Å²) in [6.07, 6.45) is 2.42. The molecule has 0 aliphatic heterocycles. The van der Waals surface area contributed by atoms with Crippen LogP contribution in [0.5, 0.6) is 0 Å². The smallest absolute Gasteiger partial charge is 0.274 e. The van der Waals surface area contributed by atoms with E-state index in [2.05, 4.69) is 34.4 Å². The first-order valence-electron chi connectivity index (χ1n) is 8.08. The lowest BCUT2D eigenvalue weighted by Crippen LogP contribution is -2.17. The molecule has 0 spiro atoms. The number of aromatic nitrogens is 2. The van der Waals surface area contributed by atoms with Gasteiger partial charge in [0.15, 0.2) is 0 Å². The molecule has 2 aromatic rings. The van der Waals surface area contributed by atoms with Gasteiger partial charge in [-0.1, -0.05) is 32.0 Å². The van der Waals surface area contributed by atoms with E-state index in [0.717, 1.165) is 17.7 Å². The van der Waals surface area contributed by atoms with Crippen LogP contribution in [-0.2, 0) is 4.74 Å². The first kappa shape index (κ1) is 17.9. The summed E-state index contributed by atoms with van der Waals surface area (Å²) in [4.78, 5) is 20.9. The lowest BCUT2D eigenvalue weighted by atomic mass is 10.0. The number of methoxy groups -OCH3 is 1. The second kappa shape index (κ2) is 8.98. The number of rotatable bonds is 8. The summed E-state index contributed by atoms with van der Waals surface area (Å²) < 4.78 is 4.99. The lowest BCUT2D eigenvalue weighted by Gasteiger charge is -2.13. The zero-order valence-electron chi connectivity index (χ0n) is 14.4. The third-order valence-electron chi connectivity index (χ3n) is 3.53. The second-order valence-electron chi connectivity index (χ2n) is 5.73. The Morgan fingerprint density at radius 3 is 2.79 bits per heavy atom. The van der Waals surface area contributed by atoms with Crippen molar-refractivity contribution in [3.63, 3.8) is 0 Å². The van der Waals surface area contributed by atoms with Gasteiger partial charge in [-0.25, -0.2) is 9.97 Å². The molecule has 6 nitrogen and oxygen atoms in total. The molecule has 1 aromatic carbocycles. The molecule has 0 aliphatic rings. The number of carbonyl (C=O) groups excluding carboxylic acids is 1. The molecule has 2 N–H and O–H groups in total. The van der Waals surface area contributed by atoms with Crippen LogP contribution in [-0.4, -0.2) is 36.1 Å². The number of ether oxygens (including phenoxy) is 1. The highest BCUT2D eigenvalue weighted by molar-refractivity contribution is 6.03. The normalized spacial score (nSPS) is 10.7. The number of benzene rings is 1. The van der Waals surface area contributed by atoms with E-state index in [-0.39, 0.29) is 5.91 Å². The minimum Gasteiger partial charge on any atom is -0.385 e. The molecular weight excluding hydrogens is 304 g/mol. The van der Waals surface area contributed by atoms with E-state index in [1.165, 1.54) is 0 Å². The molecule has 128 valence electrons. The standard InChI is InChI=1S/C18H24N4O2/c1-13(2)14-7-4-5-8-15(14)21-17(23)16-9-11-20-18(22-16)19-10-6-12-24-3/h4-5,7-9,11,13H,6,10,12H2,1-3H3,(H,21,23)(H,19,20,22). The van der Waals surface area contributed by atoms with Crippen molar-refractivity contribution >= 4 is 17.5 Å². The van der Waals surface area contributed by atoms with Crippen molar-refractivity contribution in [1.29, 1.82) is 0 Å². The van der Waals surface area contributed by atoms with E-state index >= 15 is 0 Å². The summed E-state index contributed by atoms with van der Waals surface area (Å²) in [5.74, 6) is 0.520. The maximum Gasteiger partial charge on any atom is 0.274 e. The Labute approximate surface area is 142 Å². The SMILES string of the molecule is COCCCNc1nccc(C(=O)Nc2ccccc2C(C)C)n1. The van der Waals surface area contributed by atoms with Gasteiger partial charge in [0.05, 0.1) is 0 Å². The van der Waals surface area contributed by atoms with Crippen molar-refractivity contribution in [2.24, 2.45) is 0 Å². The highest BCUT2D eigenvalue weighted by atomic mass is 16.5. The van der Waals surface area contributed by atoms with E-state index in [4.69, 9.17) is 4.74 Å². The van der Waals surface area contributed by atoms with Gasteiger partial charge in [-0.2, -0.15) is 0 Å². The van der Waals surface area contributed by atoms with Crippen LogP contribution in [0.2, 0.25) is 0 Å². The molecule has 1 aromatic heterocycles. The molecule has 0 unspecified atom stereocenters. The van der Waals surface area contributed by atoms with Crippen LogP contribution in [0.3, 0.4) is 0 Å². The lowest BCUT2D eigenvalue weighted by molar-refractivity contribution is 0.102. The summed E-state index contributed by atoms with van der Waals surface area (Å²) in [6.45, 7) is 5.55. The molecule has 6 heteroatoms. The molecule has 1 amide bonds. The molecular formula is C18H24N4O2. The van der Waals surface area contributed by atoms with E-state index in [1.807, 2.05) is 24.3 Å². The van der Waals surface area contributed by atoms with Crippen molar-refractivity contribution in [3.05, 3.63) is 47.8 Å². The number of amides is 1. The molecule has 0 atom stereocenters. The van der Waals surface area contributed by atoms with Gasteiger partial charge < -0.3 is 15.4 Å². The summed E-state index contributed by atoms with van der Waals surface area (Å²) in [6, 6.07) is 9.40. The summed E-state index contributed by atoms with van der Waals surface area (Å²) in [5.41, 5.74) is 2.24. The minimum absolute atomic E-state index is 0.245. The van der Waals surface area contributed by atoms with Crippen molar-refractivity contribution in [2.75, 3.05) is 30.9 Å². The monoisotopic (exact) mass is 328 g/mol. The highest BCUT2D eigenvalue weighted by Crippen LogP contribution is 2.24. The average Bonchev–Trinajstić information content (AvgIpc) is 2.59. The number of hydrogen-bond donors (Lipinski definition) is 2. The fraction of sp³-hybridized carbons (Fsp3) is 0.389. The predicted octanol–water partition coefficient (Wildman–Crippen LogP) is 3.30. The van der Waals surface area contributed by atoms with E-state index < -0.39 is 0 Å². The van der Waals surface area contributed by atoms with Crippen LogP contribution in [0.25, 0.3) is 0 Å². The predicted molar refractivity (Wildman–Crippen MR) is 95.5 cm³/mol. The van der Waals surface area contributed by atoms with Crippen molar-refractivity contribution in [1.82, 2.24) is 9.97 Å². The molecule has 0 fully saturated rings. The van der Waals surface area contributed by atoms with Gasteiger partial charge in [-0.05, 0) is 30.0 Å². The minimum atomic E-state index is -0.245. The molecule has 0 bridgehead atoms. The van der Waals surface area contributed by atoms with Crippen LogP contribution in [0.1, 0.15) is 42.2 Å². The summed E-state index contributed by atoms with van der Waals surface area (Å²) >= 11 is 0. The third-order valence-corrected chi connectivity index (χ3v) is 3.53. The molecule has 0 aliphatic carbocycles. The molecule has 2 rings (SSSR count). The first-order chi connectivity index (χ1) is 11.6. The van der Waals surface area contributed by atoms with E-state index in [9.17, 15) is 4.79 Å². The Balaban J connectivity index is 2.05. The van der Waals surface area contributed by atoms with Gasteiger partial charge in [0.1, 0.15) is 5.69 Å². The Hall–Kier alpha value is -2.47. The van der Waals surface area contributed by atoms with Crippen molar-refractivity contribution in [2.45, 2.75) is 26.2 Å². The van der Waals surface area contributed by atoms with Gasteiger partial charge >= 0.3 is 0 Å². The number of hydrogen-bond acceptors (Lipinski definition) is 5.